The molecule has 21 heavy (non-hydrogen) atoms. The predicted molar refractivity (Wildman–Crippen MR) is 89.7 cm³/mol. The van der Waals surface area contributed by atoms with Gasteiger partial charge >= 0.3 is 0 Å². The zero-order valence-corrected chi connectivity index (χ0v) is 14.6. The van der Waals surface area contributed by atoms with E-state index in [1.165, 1.54) is 0 Å². The monoisotopic (exact) mass is 372 g/mol. The van der Waals surface area contributed by atoms with E-state index < -0.39 is 15.6 Å². The lowest BCUT2D eigenvalue weighted by Gasteiger charge is -2.28. The molecule has 0 aromatic heterocycles. The summed E-state index contributed by atoms with van der Waals surface area (Å²) in [5.41, 5.74) is 5.88. The van der Waals surface area contributed by atoms with Crippen LogP contribution >= 0.6 is 35.6 Å². The van der Waals surface area contributed by atoms with Gasteiger partial charge in [-0.05, 0) is 30.5 Å². The lowest BCUT2D eigenvalue weighted by molar-refractivity contribution is 0.399. The molecule has 0 unspecified atom stereocenters. The highest BCUT2D eigenvalue weighted by atomic mass is 35.5. The Labute approximate surface area is 141 Å². The molecule has 3 N–H and O–H groups in total. The quantitative estimate of drug-likeness (QED) is 0.833. The molecule has 4 nitrogen and oxygen atoms in total. The van der Waals surface area contributed by atoms with Gasteiger partial charge in [-0.1, -0.05) is 42.1 Å². The maximum atomic E-state index is 12.3. The van der Waals surface area contributed by atoms with Crippen LogP contribution < -0.4 is 10.5 Å². The number of hydrogen-bond donors (Lipinski definition) is 2. The van der Waals surface area contributed by atoms with E-state index in [1.807, 2.05) is 0 Å². The molecule has 0 radical (unpaired) electrons. The first-order valence-corrected chi connectivity index (χ1v) is 8.92. The molecule has 0 spiro atoms. The first-order valence-electron chi connectivity index (χ1n) is 6.51. The SMILES string of the molecule is Cl.NCC1(NS(=O)(=O)Cc2ccc(Cl)c(Cl)c2)CCCC1. The van der Waals surface area contributed by atoms with Crippen molar-refractivity contribution < 1.29 is 8.42 Å². The summed E-state index contributed by atoms with van der Waals surface area (Å²) < 4.78 is 27.3. The van der Waals surface area contributed by atoms with E-state index in [0.29, 0.717) is 22.2 Å². The molecule has 1 saturated carbocycles. The van der Waals surface area contributed by atoms with Crippen molar-refractivity contribution in [3.63, 3.8) is 0 Å². The lowest BCUT2D eigenvalue weighted by Crippen LogP contribution is -2.51. The second kappa shape index (κ2) is 7.49. The third-order valence-electron chi connectivity index (χ3n) is 3.66. The number of benzene rings is 1. The number of sulfonamides is 1. The summed E-state index contributed by atoms with van der Waals surface area (Å²) in [4.78, 5) is 0. The maximum Gasteiger partial charge on any atom is 0.216 e. The van der Waals surface area contributed by atoms with Crippen LogP contribution in [0.2, 0.25) is 10.0 Å². The van der Waals surface area contributed by atoms with Gasteiger partial charge in [0.1, 0.15) is 0 Å². The second-order valence-electron chi connectivity index (χ2n) is 5.30. The third kappa shape index (κ3) is 4.98. The van der Waals surface area contributed by atoms with E-state index in [4.69, 9.17) is 28.9 Å². The van der Waals surface area contributed by atoms with Crippen LogP contribution in [0.3, 0.4) is 0 Å². The Hall–Kier alpha value is -0.0400. The number of halogens is 3. The Balaban J connectivity index is 0.00000220. The zero-order valence-electron chi connectivity index (χ0n) is 11.4. The van der Waals surface area contributed by atoms with Crippen LogP contribution in [0.15, 0.2) is 18.2 Å². The van der Waals surface area contributed by atoms with E-state index in [-0.39, 0.29) is 18.2 Å². The topological polar surface area (TPSA) is 72.2 Å². The molecule has 8 heteroatoms. The van der Waals surface area contributed by atoms with E-state index in [2.05, 4.69) is 4.72 Å². The van der Waals surface area contributed by atoms with E-state index in [1.54, 1.807) is 18.2 Å². The van der Waals surface area contributed by atoms with Gasteiger partial charge in [0, 0.05) is 12.1 Å². The smallest absolute Gasteiger partial charge is 0.216 e. The van der Waals surface area contributed by atoms with Gasteiger partial charge in [-0.2, -0.15) is 0 Å². The van der Waals surface area contributed by atoms with Crippen LogP contribution in [-0.4, -0.2) is 20.5 Å². The van der Waals surface area contributed by atoms with Crippen molar-refractivity contribution in [2.45, 2.75) is 37.0 Å². The van der Waals surface area contributed by atoms with Crippen LogP contribution in [0.4, 0.5) is 0 Å². The predicted octanol–water partition coefficient (Wildman–Crippen LogP) is 3.11. The average Bonchev–Trinajstić information content (AvgIpc) is 2.82. The minimum atomic E-state index is -3.45. The van der Waals surface area contributed by atoms with Crippen molar-refractivity contribution >= 4 is 45.6 Å². The number of hydrogen-bond acceptors (Lipinski definition) is 3. The van der Waals surface area contributed by atoms with Crippen LogP contribution in [0.5, 0.6) is 0 Å². The van der Waals surface area contributed by atoms with Crippen molar-refractivity contribution in [1.82, 2.24) is 4.72 Å². The molecule has 0 bridgehead atoms. The Morgan fingerprint density at radius 3 is 2.33 bits per heavy atom. The Morgan fingerprint density at radius 2 is 1.81 bits per heavy atom. The first-order chi connectivity index (χ1) is 9.36. The van der Waals surface area contributed by atoms with Crippen LogP contribution in [-0.2, 0) is 15.8 Å². The molecule has 0 heterocycles. The largest absolute Gasteiger partial charge is 0.329 e. The van der Waals surface area contributed by atoms with Crippen molar-refractivity contribution in [3.05, 3.63) is 33.8 Å². The summed E-state index contributed by atoms with van der Waals surface area (Å²) in [6.07, 6.45) is 3.60. The summed E-state index contributed by atoms with van der Waals surface area (Å²) in [5, 5.41) is 0.767. The minimum Gasteiger partial charge on any atom is -0.329 e. The van der Waals surface area contributed by atoms with Crippen LogP contribution in [0, 0.1) is 0 Å². The molecule has 0 amide bonds. The highest BCUT2D eigenvalue weighted by Crippen LogP contribution is 2.30. The highest BCUT2D eigenvalue weighted by molar-refractivity contribution is 7.88. The average molecular weight is 374 g/mol. The maximum absolute atomic E-state index is 12.3. The van der Waals surface area contributed by atoms with E-state index in [9.17, 15) is 8.42 Å². The molecule has 0 saturated heterocycles. The van der Waals surface area contributed by atoms with Crippen molar-refractivity contribution in [2.75, 3.05) is 6.54 Å². The molecule has 2 rings (SSSR count). The van der Waals surface area contributed by atoms with Crippen LogP contribution in [0.25, 0.3) is 0 Å². The standard InChI is InChI=1S/C13H18Cl2N2O2S.ClH/c14-11-4-3-10(7-12(11)15)8-20(18,19)17-13(9-16)5-1-2-6-13;/h3-4,7,17H,1-2,5-6,8-9,16H2;1H. The molecule has 1 aliphatic rings. The normalized spacial score (nSPS) is 17.5. The van der Waals surface area contributed by atoms with Gasteiger partial charge in [0.2, 0.25) is 10.0 Å². The van der Waals surface area contributed by atoms with Gasteiger partial charge in [0.25, 0.3) is 0 Å². The molecule has 0 atom stereocenters. The summed E-state index contributed by atoms with van der Waals surface area (Å²) in [7, 11) is -3.45. The molecule has 120 valence electrons. The van der Waals surface area contributed by atoms with Crippen molar-refractivity contribution in [2.24, 2.45) is 5.73 Å². The summed E-state index contributed by atoms with van der Waals surface area (Å²) in [6, 6.07) is 4.84. The van der Waals surface area contributed by atoms with Gasteiger partial charge in [-0.25, -0.2) is 13.1 Å². The number of nitrogens with two attached hydrogens (primary N) is 1. The molecule has 0 aliphatic heterocycles. The fourth-order valence-corrected chi connectivity index (χ4v) is 4.57. The fourth-order valence-electron chi connectivity index (χ4n) is 2.61. The van der Waals surface area contributed by atoms with E-state index in [0.717, 1.165) is 25.7 Å². The Morgan fingerprint density at radius 1 is 1.19 bits per heavy atom. The zero-order chi connectivity index (χ0) is 14.8. The molecule has 1 aliphatic carbocycles. The Kier molecular flexibility index (Phi) is 6.78. The number of rotatable bonds is 5. The summed E-state index contributed by atoms with van der Waals surface area (Å²) in [6.45, 7) is 0.327. The third-order valence-corrected chi connectivity index (χ3v) is 5.86. The second-order valence-corrected chi connectivity index (χ2v) is 7.84. The molecule has 1 aromatic rings. The summed E-state index contributed by atoms with van der Waals surface area (Å²) >= 11 is 11.7. The Bertz CT molecular complexity index is 587. The van der Waals surface area contributed by atoms with Crippen LogP contribution in [0.1, 0.15) is 31.2 Å². The van der Waals surface area contributed by atoms with Crippen molar-refractivity contribution in [1.29, 1.82) is 0 Å². The highest BCUT2D eigenvalue weighted by Gasteiger charge is 2.36. The molecule has 1 fully saturated rings. The molecular formula is C13H19Cl3N2O2S. The molecular weight excluding hydrogens is 355 g/mol. The van der Waals surface area contributed by atoms with Gasteiger partial charge in [0.15, 0.2) is 0 Å². The number of nitrogens with one attached hydrogen (secondary N) is 1. The first kappa shape index (κ1) is 19.0. The van der Waals surface area contributed by atoms with Gasteiger partial charge in [0.05, 0.1) is 15.8 Å². The fraction of sp³-hybridized carbons (Fsp3) is 0.538. The van der Waals surface area contributed by atoms with Gasteiger partial charge < -0.3 is 5.73 Å². The summed E-state index contributed by atoms with van der Waals surface area (Å²) in [5.74, 6) is -0.119. The minimum absolute atomic E-state index is 0. The van der Waals surface area contributed by atoms with E-state index >= 15 is 0 Å². The van der Waals surface area contributed by atoms with Gasteiger partial charge in [-0.15, -0.1) is 12.4 Å². The van der Waals surface area contributed by atoms with Gasteiger partial charge in [-0.3, -0.25) is 0 Å². The molecule has 1 aromatic carbocycles. The lowest BCUT2D eigenvalue weighted by atomic mass is 10.0. The van der Waals surface area contributed by atoms with Crippen molar-refractivity contribution in [3.8, 4) is 0 Å².